The molecule has 1 saturated heterocycles. The standard InChI is InChI=1S/C33H29IN2O5/c1-4-22-10-7-9-13-28(22)36-32(38)25(31(37)35-33(36)39)16-21-17-27(34)30(29(18-21)40-5-2)41-19-26-20(3)14-15-23-11-6-8-12-24(23)26/h6-18H,4-5,19H2,1-3H3,(H,35,37,39)/b25-16-. The zero-order valence-electron chi connectivity index (χ0n) is 23.0. The number of carbonyl (C=O) groups is 3. The summed E-state index contributed by atoms with van der Waals surface area (Å²) in [5.74, 6) is -0.351. The van der Waals surface area contributed by atoms with Crippen molar-refractivity contribution in [2.24, 2.45) is 0 Å². The number of hydrogen-bond acceptors (Lipinski definition) is 5. The topological polar surface area (TPSA) is 84.9 Å². The van der Waals surface area contributed by atoms with E-state index >= 15 is 0 Å². The number of amides is 4. The molecule has 8 heteroatoms. The van der Waals surface area contributed by atoms with Gasteiger partial charge in [0.05, 0.1) is 15.9 Å². The second-order valence-corrected chi connectivity index (χ2v) is 10.7. The van der Waals surface area contributed by atoms with Crippen LogP contribution in [0, 0.1) is 10.5 Å². The first-order valence-electron chi connectivity index (χ1n) is 13.4. The lowest BCUT2D eigenvalue weighted by Crippen LogP contribution is -2.54. The summed E-state index contributed by atoms with van der Waals surface area (Å²) in [5.41, 5.74) is 3.92. The van der Waals surface area contributed by atoms with E-state index < -0.39 is 17.8 Å². The lowest BCUT2D eigenvalue weighted by Gasteiger charge is -2.28. The van der Waals surface area contributed by atoms with Crippen molar-refractivity contribution in [2.45, 2.75) is 33.8 Å². The van der Waals surface area contributed by atoms with E-state index in [4.69, 9.17) is 9.47 Å². The van der Waals surface area contributed by atoms with Gasteiger partial charge in [0.25, 0.3) is 11.8 Å². The molecule has 0 unspecified atom stereocenters. The molecule has 4 amide bonds. The van der Waals surface area contributed by atoms with Gasteiger partial charge >= 0.3 is 6.03 Å². The van der Waals surface area contributed by atoms with E-state index in [2.05, 4.69) is 59.1 Å². The number of carbonyl (C=O) groups excluding carboxylic acids is 3. The molecule has 4 aromatic carbocycles. The first-order chi connectivity index (χ1) is 19.8. The number of hydrogen-bond donors (Lipinski definition) is 1. The molecule has 1 heterocycles. The summed E-state index contributed by atoms with van der Waals surface area (Å²) in [4.78, 5) is 40.0. The highest BCUT2D eigenvalue weighted by molar-refractivity contribution is 14.1. The van der Waals surface area contributed by atoms with Gasteiger partial charge in [-0.05, 0) is 94.6 Å². The summed E-state index contributed by atoms with van der Waals surface area (Å²) in [6, 6.07) is 22.3. The maximum atomic E-state index is 13.5. The number of anilines is 1. The van der Waals surface area contributed by atoms with E-state index in [9.17, 15) is 14.4 Å². The third-order valence-corrected chi connectivity index (χ3v) is 7.79. The number of ether oxygens (including phenoxy) is 2. The monoisotopic (exact) mass is 660 g/mol. The normalized spacial score (nSPS) is 14.5. The number of halogens is 1. The van der Waals surface area contributed by atoms with E-state index in [1.807, 2.05) is 44.2 Å². The number of imide groups is 2. The van der Waals surface area contributed by atoms with Gasteiger partial charge in [0.2, 0.25) is 0 Å². The van der Waals surface area contributed by atoms with Crippen LogP contribution < -0.4 is 19.7 Å². The fraction of sp³-hybridized carbons (Fsp3) is 0.182. The van der Waals surface area contributed by atoms with Gasteiger partial charge in [-0.25, -0.2) is 9.69 Å². The molecule has 41 heavy (non-hydrogen) atoms. The number of benzene rings is 4. The fourth-order valence-corrected chi connectivity index (χ4v) is 5.71. The maximum Gasteiger partial charge on any atom is 0.335 e. The number of nitrogens with one attached hydrogen (secondary N) is 1. The lowest BCUT2D eigenvalue weighted by molar-refractivity contribution is -0.122. The van der Waals surface area contributed by atoms with Crippen LogP contribution >= 0.6 is 22.6 Å². The van der Waals surface area contributed by atoms with Gasteiger partial charge in [0.1, 0.15) is 12.2 Å². The first kappa shape index (κ1) is 28.4. The molecule has 208 valence electrons. The smallest absolute Gasteiger partial charge is 0.335 e. The Morgan fingerprint density at radius 1 is 0.927 bits per heavy atom. The third kappa shape index (κ3) is 5.69. The molecule has 1 fully saturated rings. The van der Waals surface area contributed by atoms with E-state index in [0.29, 0.717) is 42.4 Å². The van der Waals surface area contributed by atoms with E-state index in [-0.39, 0.29) is 5.57 Å². The highest BCUT2D eigenvalue weighted by Crippen LogP contribution is 2.37. The Hall–Kier alpha value is -4.18. The predicted octanol–water partition coefficient (Wildman–Crippen LogP) is 6.96. The largest absolute Gasteiger partial charge is 0.490 e. The minimum absolute atomic E-state index is 0.145. The average Bonchev–Trinajstić information content (AvgIpc) is 2.96. The molecule has 0 spiro atoms. The molecule has 5 rings (SSSR count). The highest BCUT2D eigenvalue weighted by Gasteiger charge is 2.37. The fourth-order valence-electron chi connectivity index (χ4n) is 4.93. The van der Waals surface area contributed by atoms with E-state index in [1.165, 1.54) is 6.08 Å². The van der Waals surface area contributed by atoms with Crippen LogP contribution in [-0.4, -0.2) is 24.5 Å². The van der Waals surface area contributed by atoms with Crippen molar-refractivity contribution in [3.8, 4) is 11.5 Å². The van der Waals surface area contributed by atoms with Gasteiger partial charge in [-0.15, -0.1) is 0 Å². The number of fused-ring (bicyclic) bond motifs is 1. The Balaban J connectivity index is 1.49. The zero-order valence-corrected chi connectivity index (χ0v) is 25.2. The molecule has 0 atom stereocenters. The quantitative estimate of drug-likeness (QED) is 0.126. The number of rotatable bonds is 8. The van der Waals surface area contributed by atoms with Crippen molar-refractivity contribution in [2.75, 3.05) is 11.5 Å². The molecule has 0 aliphatic carbocycles. The molecule has 4 aromatic rings. The van der Waals surface area contributed by atoms with Crippen molar-refractivity contribution in [3.63, 3.8) is 0 Å². The SMILES string of the molecule is CCOc1cc(/C=C2/C(=O)NC(=O)N(c3ccccc3CC)C2=O)cc(I)c1OCc1c(C)ccc2ccccc12. The minimum Gasteiger partial charge on any atom is -0.490 e. The molecular weight excluding hydrogens is 631 g/mol. The molecule has 0 aromatic heterocycles. The molecular formula is C33H29IN2O5. The summed E-state index contributed by atoms with van der Waals surface area (Å²) in [6.45, 7) is 6.63. The summed E-state index contributed by atoms with van der Waals surface area (Å²) in [6.07, 6.45) is 2.10. The van der Waals surface area contributed by atoms with Crippen LogP contribution in [0.15, 0.2) is 78.4 Å². The van der Waals surface area contributed by atoms with Crippen LogP contribution in [-0.2, 0) is 22.6 Å². The van der Waals surface area contributed by atoms with Gasteiger partial charge in [-0.2, -0.15) is 0 Å². The van der Waals surface area contributed by atoms with Crippen molar-refractivity contribution in [1.82, 2.24) is 5.32 Å². The summed E-state index contributed by atoms with van der Waals surface area (Å²) >= 11 is 2.17. The molecule has 0 bridgehead atoms. The van der Waals surface area contributed by atoms with Gasteiger partial charge in [-0.1, -0.05) is 61.5 Å². The van der Waals surface area contributed by atoms with Crippen molar-refractivity contribution in [1.29, 1.82) is 0 Å². The van der Waals surface area contributed by atoms with Crippen LogP contribution in [0.25, 0.3) is 16.8 Å². The number of urea groups is 1. The number of nitrogens with zero attached hydrogens (tertiary/aromatic N) is 1. The predicted molar refractivity (Wildman–Crippen MR) is 168 cm³/mol. The van der Waals surface area contributed by atoms with Crippen molar-refractivity contribution >= 4 is 63.0 Å². The van der Waals surface area contributed by atoms with Crippen LogP contribution in [0.3, 0.4) is 0 Å². The Morgan fingerprint density at radius 3 is 2.46 bits per heavy atom. The van der Waals surface area contributed by atoms with Gasteiger partial charge in [0.15, 0.2) is 11.5 Å². The van der Waals surface area contributed by atoms with Crippen LogP contribution in [0.2, 0.25) is 0 Å². The summed E-state index contributed by atoms with van der Waals surface area (Å²) in [7, 11) is 0. The van der Waals surface area contributed by atoms with Crippen molar-refractivity contribution < 1.29 is 23.9 Å². The molecule has 0 radical (unpaired) electrons. The Kier molecular flexibility index (Phi) is 8.39. The van der Waals surface area contributed by atoms with Crippen molar-refractivity contribution in [3.05, 3.63) is 104 Å². The Bertz CT molecular complexity index is 1710. The zero-order chi connectivity index (χ0) is 29.1. The average molecular weight is 661 g/mol. The molecule has 1 aliphatic heterocycles. The summed E-state index contributed by atoms with van der Waals surface area (Å²) in [5, 5.41) is 4.58. The highest BCUT2D eigenvalue weighted by atomic mass is 127. The number of aryl methyl sites for hydroxylation is 2. The second-order valence-electron chi connectivity index (χ2n) is 9.57. The van der Waals surface area contributed by atoms with E-state index in [1.54, 1.807) is 18.2 Å². The second kappa shape index (κ2) is 12.1. The van der Waals surface area contributed by atoms with E-state index in [0.717, 1.165) is 35.9 Å². The Morgan fingerprint density at radius 2 is 1.68 bits per heavy atom. The Labute approximate surface area is 252 Å². The van der Waals surface area contributed by atoms with Gasteiger partial charge < -0.3 is 9.47 Å². The van der Waals surface area contributed by atoms with Gasteiger partial charge in [-0.3, -0.25) is 14.9 Å². The molecule has 7 nitrogen and oxygen atoms in total. The first-order valence-corrected chi connectivity index (χ1v) is 14.5. The lowest BCUT2D eigenvalue weighted by atomic mass is 10.0. The molecule has 1 aliphatic rings. The van der Waals surface area contributed by atoms with Crippen LogP contribution in [0.4, 0.5) is 10.5 Å². The third-order valence-electron chi connectivity index (χ3n) is 6.99. The maximum absolute atomic E-state index is 13.5. The minimum atomic E-state index is -0.768. The molecule has 1 N–H and O–H groups in total. The molecule has 0 saturated carbocycles. The number of para-hydroxylation sites is 1. The number of barbiturate groups is 1. The summed E-state index contributed by atoms with van der Waals surface area (Å²) < 4.78 is 13.0. The van der Waals surface area contributed by atoms with Crippen LogP contribution in [0.5, 0.6) is 11.5 Å². The van der Waals surface area contributed by atoms with Crippen LogP contribution in [0.1, 0.15) is 36.1 Å². The van der Waals surface area contributed by atoms with Gasteiger partial charge in [0, 0.05) is 5.56 Å².